The Morgan fingerprint density at radius 2 is 1.24 bits per heavy atom. The van der Waals surface area contributed by atoms with Crippen molar-refractivity contribution in [2.75, 3.05) is 59.3 Å². The number of carbonyl (C=O) groups is 4. The molecule has 0 unspecified atom stereocenters. The molecule has 1 saturated heterocycles. The maximum atomic E-state index is 12.4. The fourth-order valence-electron chi connectivity index (χ4n) is 9.15. The van der Waals surface area contributed by atoms with Gasteiger partial charge in [-0.05, 0) is 140 Å². The number of carbonyl (C=O) groups excluding carboxylic acids is 4. The number of pyridine rings is 1. The summed E-state index contributed by atoms with van der Waals surface area (Å²) in [7, 11) is 8.57. The molecule has 1 aliphatic heterocycles. The van der Waals surface area contributed by atoms with E-state index in [9.17, 15) is 19.2 Å². The van der Waals surface area contributed by atoms with Gasteiger partial charge in [0.05, 0.1) is 0 Å². The van der Waals surface area contributed by atoms with Crippen molar-refractivity contribution in [1.29, 1.82) is 0 Å². The fourth-order valence-corrected chi connectivity index (χ4v) is 10.4. The molecule has 11 nitrogen and oxygen atoms in total. The largest absolute Gasteiger partial charge is 0.356 e. The van der Waals surface area contributed by atoms with Crippen LogP contribution in [0, 0.1) is 0 Å². The number of hydrogen-bond donors (Lipinski definition) is 3. The highest BCUT2D eigenvalue weighted by Gasteiger charge is 2.39. The van der Waals surface area contributed by atoms with Crippen LogP contribution in [-0.4, -0.2) is 126 Å². The number of nitrogens with zero attached hydrogens (tertiary/aromatic N) is 4. The van der Waals surface area contributed by atoms with Crippen LogP contribution in [0.25, 0.3) is 0 Å². The number of thioether (sulfide) groups is 1. The molecule has 344 valence electrons. The van der Waals surface area contributed by atoms with Crippen LogP contribution in [0.1, 0.15) is 93.9 Å². The Balaban J connectivity index is 0.000000239. The van der Waals surface area contributed by atoms with Gasteiger partial charge in [0.15, 0.2) is 0 Å². The molecule has 4 amide bonds. The third-order valence-corrected chi connectivity index (χ3v) is 14.7. The van der Waals surface area contributed by atoms with E-state index in [-0.39, 0.29) is 59.6 Å². The Bertz CT molecular complexity index is 1900. The van der Waals surface area contributed by atoms with Gasteiger partial charge >= 0.3 is 0 Å². The van der Waals surface area contributed by atoms with Gasteiger partial charge in [0.2, 0.25) is 23.6 Å². The van der Waals surface area contributed by atoms with Crippen molar-refractivity contribution in [3.63, 3.8) is 0 Å². The van der Waals surface area contributed by atoms with Crippen molar-refractivity contribution < 1.29 is 19.2 Å². The molecule has 3 fully saturated rings. The van der Waals surface area contributed by atoms with E-state index in [2.05, 4.69) is 77.1 Å². The predicted molar refractivity (Wildman–Crippen MR) is 257 cm³/mol. The first-order valence-corrected chi connectivity index (χ1v) is 24.6. The molecular weight excluding hydrogens is 854 g/mol. The van der Waals surface area contributed by atoms with Gasteiger partial charge in [-0.15, -0.1) is 0 Å². The van der Waals surface area contributed by atoms with E-state index in [1.807, 2.05) is 65.2 Å². The highest BCUT2D eigenvalue weighted by Crippen LogP contribution is 2.37. The first-order valence-electron chi connectivity index (χ1n) is 22.7. The molecule has 0 atom stereocenters. The van der Waals surface area contributed by atoms with E-state index >= 15 is 0 Å². The average Bonchev–Trinajstić information content (AvgIpc) is 3.28. The van der Waals surface area contributed by atoms with Crippen molar-refractivity contribution in [2.24, 2.45) is 0 Å². The number of halogens is 2. The highest BCUT2D eigenvalue weighted by atomic mass is 35.5. The Labute approximate surface area is 390 Å². The molecule has 0 radical (unpaired) electrons. The maximum absolute atomic E-state index is 12.4. The second kappa shape index (κ2) is 25.1. The number of amides is 4. The molecule has 2 aliphatic carbocycles. The van der Waals surface area contributed by atoms with Crippen LogP contribution in [0.3, 0.4) is 0 Å². The van der Waals surface area contributed by atoms with Crippen LogP contribution in [-0.2, 0) is 38.4 Å². The summed E-state index contributed by atoms with van der Waals surface area (Å²) in [6.07, 6.45) is 13.3. The van der Waals surface area contributed by atoms with Crippen molar-refractivity contribution in [1.82, 2.24) is 35.6 Å². The van der Waals surface area contributed by atoms with Crippen molar-refractivity contribution in [3.8, 4) is 0 Å². The molecule has 3 aromatic rings. The topological polar surface area (TPSA) is 127 Å². The minimum Gasteiger partial charge on any atom is -0.356 e. The van der Waals surface area contributed by atoms with E-state index in [1.54, 1.807) is 6.20 Å². The zero-order chi connectivity index (χ0) is 45.2. The van der Waals surface area contributed by atoms with E-state index in [1.165, 1.54) is 11.1 Å². The van der Waals surface area contributed by atoms with Crippen molar-refractivity contribution in [2.45, 2.75) is 119 Å². The first-order chi connectivity index (χ1) is 30.2. The number of rotatable bonds is 17. The summed E-state index contributed by atoms with van der Waals surface area (Å²) >= 11 is 14.1. The summed E-state index contributed by atoms with van der Waals surface area (Å²) in [5.41, 5.74) is 3.66. The Morgan fingerprint density at radius 3 is 1.78 bits per heavy atom. The predicted octanol–water partition coefficient (Wildman–Crippen LogP) is 7.37. The smallest absolute Gasteiger partial charge is 0.223 e. The van der Waals surface area contributed by atoms with Crippen LogP contribution in [0.5, 0.6) is 0 Å². The maximum Gasteiger partial charge on any atom is 0.223 e. The minimum absolute atomic E-state index is 0.00906. The fraction of sp³-hybridized carbons (Fsp3) is 0.571. The van der Waals surface area contributed by atoms with Gasteiger partial charge in [0, 0.05) is 108 Å². The van der Waals surface area contributed by atoms with Crippen LogP contribution >= 0.6 is 35.0 Å². The molecule has 63 heavy (non-hydrogen) atoms. The van der Waals surface area contributed by atoms with Crippen LogP contribution in [0.4, 0.5) is 0 Å². The van der Waals surface area contributed by atoms with Gasteiger partial charge in [-0.1, -0.05) is 53.5 Å². The Kier molecular flexibility index (Phi) is 20.1. The van der Waals surface area contributed by atoms with Gasteiger partial charge in [0.1, 0.15) is 0 Å². The number of nitrogens with one attached hydrogen (secondary N) is 3. The Hall–Kier alpha value is -3.68. The van der Waals surface area contributed by atoms with Gasteiger partial charge in [-0.2, -0.15) is 11.8 Å². The number of aromatic nitrogens is 1. The summed E-state index contributed by atoms with van der Waals surface area (Å²) in [6.45, 7) is 2.15. The number of likely N-dealkylation sites (N-methyl/N-ethyl adjacent to an activating group) is 2. The zero-order valence-corrected chi connectivity index (χ0v) is 40.1. The minimum atomic E-state index is -0.0992. The SMILES string of the molecule is CN(C)C1(Cc2ccc(Cl)cc2)CCC(NC(=O)CCC(=O)N2CCSCC2)CC1.CN(C)C1(Cc2cccc(Cl)c2)CCC(NC(=O)CCC(=O)NCCc2ccccn2)CC1. The molecule has 3 N–H and O–H groups in total. The third kappa shape index (κ3) is 16.4. The highest BCUT2D eigenvalue weighted by molar-refractivity contribution is 7.99. The molecule has 1 aromatic heterocycles. The lowest BCUT2D eigenvalue weighted by Gasteiger charge is -2.45. The first kappa shape index (κ1) is 50.3. The normalized spacial score (nSPS) is 22.4. The lowest BCUT2D eigenvalue weighted by molar-refractivity contribution is -0.133. The van der Waals surface area contributed by atoms with Gasteiger partial charge in [-0.3, -0.25) is 24.2 Å². The van der Waals surface area contributed by atoms with Gasteiger partial charge < -0.3 is 30.7 Å². The average molecular weight is 923 g/mol. The van der Waals surface area contributed by atoms with Gasteiger partial charge in [0.25, 0.3) is 0 Å². The van der Waals surface area contributed by atoms with Crippen molar-refractivity contribution >= 4 is 58.6 Å². The van der Waals surface area contributed by atoms with E-state index < -0.39 is 0 Å². The van der Waals surface area contributed by atoms with Crippen molar-refractivity contribution in [3.05, 3.63) is 99.8 Å². The standard InChI is InChI=1S/C26H35ClN4O2.C23H34ClN3O2S/c1-31(2)26(19-20-6-5-7-21(27)18-20)14-11-23(12-15-26)30-25(33)10-9-24(32)29-17-13-22-8-3-4-16-28-22;1-26(2)23(17-18-3-5-19(24)6-4-18)11-9-20(10-12-23)25-21(28)7-8-22(29)27-13-15-30-16-14-27/h3-8,16,18,23H,9-15,17,19H2,1-2H3,(H,29,32)(H,30,33);3-6,20H,7-17H2,1-2H3,(H,25,28). The molecule has 14 heteroatoms. The number of hydrogen-bond acceptors (Lipinski definition) is 8. The molecule has 2 aromatic carbocycles. The summed E-state index contributed by atoms with van der Waals surface area (Å²) in [5.74, 6) is 1.98. The van der Waals surface area contributed by atoms with Crippen LogP contribution in [0.2, 0.25) is 10.0 Å². The van der Waals surface area contributed by atoms with E-state index in [0.29, 0.717) is 25.8 Å². The second-order valence-electron chi connectivity index (χ2n) is 17.9. The lowest BCUT2D eigenvalue weighted by atomic mass is 9.75. The quantitative estimate of drug-likeness (QED) is 0.128. The second-order valence-corrected chi connectivity index (χ2v) is 20.0. The van der Waals surface area contributed by atoms with Crippen LogP contribution in [0.15, 0.2) is 72.9 Å². The van der Waals surface area contributed by atoms with E-state index in [0.717, 1.165) is 105 Å². The summed E-state index contributed by atoms with van der Waals surface area (Å²) < 4.78 is 0. The Morgan fingerprint density at radius 1 is 0.683 bits per heavy atom. The summed E-state index contributed by atoms with van der Waals surface area (Å²) in [6, 6.07) is 22.3. The third-order valence-electron chi connectivity index (χ3n) is 13.3. The van der Waals surface area contributed by atoms with Crippen LogP contribution < -0.4 is 16.0 Å². The molecule has 0 bridgehead atoms. The summed E-state index contributed by atoms with van der Waals surface area (Å²) in [5, 5.41) is 10.7. The zero-order valence-electron chi connectivity index (χ0n) is 37.8. The molecular formula is C49H69Cl2N7O4S. The summed E-state index contributed by atoms with van der Waals surface area (Å²) in [4.78, 5) is 59.9. The van der Waals surface area contributed by atoms with E-state index in [4.69, 9.17) is 23.2 Å². The molecule has 0 spiro atoms. The monoisotopic (exact) mass is 921 g/mol. The molecule has 2 heterocycles. The molecule has 3 aliphatic rings. The van der Waals surface area contributed by atoms with Gasteiger partial charge in [-0.25, -0.2) is 0 Å². The lowest BCUT2D eigenvalue weighted by Crippen LogP contribution is -2.52. The number of benzene rings is 2. The molecule has 2 saturated carbocycles. The molecule has 6 rings (SSSR count).